The Morgan fingerprint density at radius 1 is 1.32 bits per heavy atom. The molecule has 22 heavy (non-hydrogen) atoms. The predicted octanol–water partition coefficient (Wildman–Crippen LogP) is 2.54. The molecule has 0 amide bonds. The number of hydrogen-bond acceptors (Lipinski definition) is 6. The highest BCUT2D eigenvalue weighted by molar-refractivity contribution is 7.18. The van der Waals surface area contributed by atoms with Gasteiger partial charge in [0, 0.05) is 29.9 Å². The first-order chi connectivity index (χ1) is 10.2. The fourth-order valence-corrected chi connectivity index (χ4v) is 4.32. The van der Waals surface area contributed by atoms with Crippen molar-refractivity contribution < 1.29 is 4.74 Å². The van der Waals surface area contributed by atoms with Crippen LogP contribution in [0, 0.1) is 0 Å². The zero-order valence-corrected chi connectivity index (χ0v) is 14.2. The fraction of sp³-hybridized carbons (Fsp3) is 0.600. The molecule has 2 atom stereocenters. The Morgan fingerprint density at radius 2 is 2.14 bits per heavy atom. The van der Waals surface area contributed by atoms with Crippen LogP contribution in [0.5, 0.6) is 0 Å². The molecule has 2 aromatic rings. The molecular weight excluding hydrogens is 320 g/mol. The normalized spacial score (nSPS) is 25.0. The Morgan fingerprint density at radius 3 is 2.77 bits per heavy atom. The maximum atomic E-state index is 6.05. The first-order valence-corrected chi connectivity index (χ1v) is 8.34. The molecule has 1 aliphatic heterocycles. The summed E-state index contributed by atoms with van der Waals surface area (Å²) in [7, 11) is 2.13. The topological polar surface area (TPSA) is 64.3 Å². The zero-order valence-electron chi connectivity index (χ0n) is 12.6. The summed E-state index contributed by atoms with van der Waals surface area (Å²) >= 11 is 1.77. The Labute approximate surface area is 140 Å². The molecule has 7 heteroatoms. The van der Waals surface area contributed by atoms with Crippen LogP contribution < -0.4 is 10.6 Å². The van der Waals surface area contributed by atoms with Gasteiger partial charge in [0.25, 0.3) is 0 Å². The lowest BCUT2D eigenvalue weighted by Crippen LogP contribution is -2.31. The SMILES string of the molecule is CN(c1ncnc2sc(C3COC3)cc12)[C@@H]1CC[C@H](N)C1.Cl. The zero-order chi connectivity index (χ0) is 14.4. The van der Waals surface area contributed by atoms with Gasteiger partial charge in [0.05, 0.1) is 18.6 Å². The van der Waals surface area contributed by atoms with Crippen molar-refractivity contribution in [3.05, 3.63) is 17.3 Å². The summed E-state index contributed by atoms with van der Waals surface area (Å²) < 4.78 is 5.30. The second kappa shape index (κ2) is 6.28. The number of anilines is 1. The van der Waals surface area contributed by atoms with Crippen molar-refractivity contribution in [2.24, 2.45) is 5.73 Å². The van der Waals surface area contributed by atoms with Gasteiger partial charge in [-0.25, -0.2) is 9.97 Å². The van der Waals surface area contributed by atoms with Crippen molar-refractivity contribution in [3.63, 3.8) is 0 Å². The maximum Gasteiger partial charge on any atom is 0.140 e. The first-order valence-electron chi connectivity index (χ1n) is 7.53. The summed E-state index contributed by atoms with van der Waals surface area (Å²) in [4.78, 5) is 13.7. The summed E-state index contributed by atoms with van der Waals surface area (Å²) in [5, 5.41) is 1.17. The van der Waals surface area contributed by atoms with Gasteiger partial charge in [-0.1, -0.05) is 0 Å². The summed E-state index contributed by atoms with van der Waals surface area (Å²) in [6, 6.07) is 3.09. The second-order valence-electron chi connectivity index (χ2n) is 6.14. The maximum absolute atomic E-state index is 6.05. The van der Waals surface area contributed by atoms with Crippen LogP contribution in [0.25, 0.3) is 10.2 Å². The molecule has 0 spiro atoms. The van der Waals surface area contributed by atoms with E-state index in [1.807, 2.05) is 0 Å². The molecule has 2 fully saturated rings. The van der Waals surface area contributed by atoms with Gasteiger partial charge in [-0.3, -0.25) is 0 Å². The number of nitrogens with two attached hydrogens (primary N) is 1. The monoisotopic (exact) mass is 340 g/mol. The second-order valence-corrected chi connectivity index (χ2v) is 7.20. The molecule has 2 aliphatic rings. The third-order valence-corrected chi connectivity index (χ3v) is 5.90. The Balaban J connectivity index is 0.00000144. The molecule has 1 saturated heterocycles. The van der Waals surface area contributed by atoms with Crippen molar-refractivity contribution in [3.8, 4) is 0 Å². The van der Waals surface area contributed by atoms with E-state index in [1.165, 1.54) is 10.3 Å². The van der Waals surface area contributed by atoms with Crippen molar-refractivity contribution >= 4 is 39.8 Å². The Bertz CT molecular complexity index is 660. The highest BCUT2D eigenvalue weighted by atomic mass is 35.5. The van der Waals surface area contributed by atoms with E-state index < -0.39 is 0 Å². The van der Waals surface area contributed by atoms with E-state index in [-0.39, 0.29) is 12.4 Å². The van der Waals surface area contributed by atoms with Gasteiger partial charge < -0.3 is 15.4 Å². The van der Waals surface area contributed by atoms with Crippen molar-refractivity contribution in [2.75, 3.05) is 25.2 Å². The molecule has 5 nitrogen and oxygen atoms in total. The van der Waals surface area contributed by atoms with Crippen LogP contribution in [0.3, 0.4) is 0 Å². The van der Waals surface area contributed by atoms with E-state index in [1.54, 1.807) is 17.7 Å². The fourth-order valence-electron chi connectivity index (χ4n) is 3.26. The molecule has 120 valence electrons. The van der Waals surface area contributed by atoms with Crippen LogP contribution >= 0.6 is 23.7 Å². The quantitative estimate of drug-likeness (QED) is 0.930. The molecule has 2 aromatic heterocycles. The Hall–Kier alpha value is -0.950. The molecule has 3 heterocycles. The third kappa shape index (κ3) is 2.69. The molecule has 0 aromatic carbocycles. The van der Waals surface area contributed by atoms with Crippen LogP contribution in [0.1, 0.15) is 30.1 Å². The van der Waals surface area contributed by atoms with Crippen LogP contribution in [-0.4, -0.2) is 42.3 Å². The molecule has 2 N–H and O–H groups in total. The first kappa shape index (κ1) is 15.9. The van der Waals surface area contributed by atoms with Gasteiger partial charge in [0.2, 0.25) is 0 Å². The average Bonchev–Trinajstić information content (AvgIpc) is 3.01. The minimum Gasteiger partial charge on any atom is -0.380 e. The number of thiophene rings is 1. The van der Waals surface area contributed by atoms with Gasteiger partial charge in [0.1, 0.15) is 17.0 Å². The molecule has 4 rings (SSSR count). The molecule has 0 radical (unpaired) electrons. The third-order valence-electron chi connectivity index (χ3n) is 4.70. The van der Waals surface area contributed by atoms with E-state index in [0.717, 1.165) is 43.1 Å². The highest BCUT2D eigenvalue weighted by Crippen LogP contribution is 2.37. The largest absolute Gasteiger partial charge is 0.380 e. The number of hydrogen-bond donors (Lipinski definition) is 1. The molecule has 0 bridgehead atoms. The van der Waals surface area contributed by atoms with Gasteiger partial charge in [-0.2, -0.15) is 0 Å². The van der Waals surface area contributed by atoms with E-state index >= 15 is 0 Å². The lowest BCUT2D eigenvalue weighted by molar-refractivity contribution is 0.00991. The van der Waals surface area contributed by atoms with Crippen LogP contribution in [0.4, 0.5) is 5.82 Å². The summed E-state index contributed by atoms with van der Waals surface area (Å²) in [6.07, 6.45) is 4.99. The number of fused-ring (bicyclic) bond motifs is 1. The van der Waals surface area contributed by atoms with Crippen LogP contribution in [0.15, 0.2) is 12.4 Å². The lowest BCUT2D eigenvalue weighted by atomic mass is 10.1. The minimum atomic E-state index is 0. The average molecular weight is 341 g/mol. The Kier molecular flexibility index (Phi) is 4.54. The van der Waals surface area contributed by atoms with Gasteiger partial charge >= 0.3 is 0 Å². The van der Waals surface area contributed by atoms with Crippen molar-refractivity contribution in [1.82, 2.24) is 9.97 Å². The molecule has 0 unspecified atom stereocenters. The van der Waals surface area contributed by atoms with E-state index in [2.05, 4.69) is 28.0 Å². The van der Waals surface area contributed by atoms with Crippen LogP contribution in [-0.2, 0) is 4.74 Å². The molecule has 1 saturated carbocycles. The van der Waals surface area contributed by atoms with Gasteiger partial charge in [0.15, 0.2) is 0 Å². The predicted molar refractivity (Wildman–Crippen MR) is 92.2 cm³/mol. The van der Waals surface area contributed by atoms with Crippen LogP contribution in [0.2, 0.25) is 0 Å². The minimum absolute atomic E-state index is 0. The van der Waals surface area contributed by atoms with Crippen molar-refractivity contribution in [2.45, 2.75) is 37.3 Å². The molecule has 1 aliphatic carbocycles. The van der Waals surface area contributed by atoms with Crippen molar-refractivity contribution in [1.29, 1.82) is 0 Å². The highest BCUT2D eigenvalue weighted by Gasteiger charge is 2.28. The number of aromatic nitrogens is 2. The van der Waals surface area contributed by atoms with E-state index in [4.69, 9.17) is 10.5 Å². The number of halogens is 1. The molecular formula is C15H21ClN4OS. The standard InChI is InChI=1S/C15H20N4OS.ClH/c1-19(11-3-2-10(16)4-11)14-12-5-13(9-6-20-7-9)21-15(12)18-8-17-14;/h5,8-11H,2-4,6-7,16H2,1H3;1H/t10-,11+;/m0./s1. The summed E-state index contributed by atoms with van der Waals surface area (Å²) in [6.45, 7) is 1.67. The number of rotatable bonds is 3. The number of ether oxygens (including phenoxy) is 1. The van der Waals surface area contributed by atoms with Gasteiger partial charge in [-0.05, 0) is 25.3 Å². The van der Waals surface area contributed by atoms with E-state index in [9.17, 15) is 0 Å². The van der Waals surface area contributed by atoms with E-state index in [0.29, 0.717) is 18.0 Å². The summed E-state index contributed by atoms with van der Waals surface area (Å²) in [5.41, 5.74) is 6.05. The van der Waals surface area contributed by atoms with Gasteiger partial charge in [-0.15, -0.1) is 23.7 Å². The number of nitrogens with zero attached hydrogens (tertiary/aromatic N) is 3. The lowest BCUT2D eigenvalue weighted by Gasteiger charge is -2.26. The summed E-state index contributed by atoms with van der Waals surface area (Å²) in [5.74, 6) is 1.59. The smallest absolute Gasteiger partial charge is 0.140 e.